The Morgan fingerprint density at radius 3 is 2.81 bits per heavy atom. The number of halogens is 1. The molecule has 116 valence electrons. The van der Waals surface area contributed by atoms with E-state index in [1.54, 1.807) is 12.1 Å². The van der Waals surface area contributed by atoms with Crippen molar-refractivity contribution in [1.29, 1.82) is 0 Å². The first-order valence-electron chi connectivity index (χ1n) is 6.87. The molecule has 6 nitrogen and oxygen atoms in total. The van der Waals surface area contributed by atoms with Crippen molar-refractivity contribution in [3.8, 4) is 0 Å². The van der Waals surface area contributed by atoms with Gasteiger partial charge in [-0.05, 0) is 25.5 Å². The van der Waals surface area contributed by atoms with Crippen LogP contribution < -0.4 is 10.6 Å². The zero-order chi connectivity index (χ0) is 15.8. The highest BCUT2D eigenvalue weighted by molar-refractivity contribution is 9.10. The Morgan fingerprint density at radius 1 is 1.48 bits per heavy atom. The normalized spacial score (nSPS) is 12.0. The lowest BCUT2D eigenvalue weighted by molar-refractivity contribution is -0.385. The molecule has 1 aromatic carbocycles. The van der Waals surface area contributed by atoms with Crippen molar-refractivity contribution in [2.24, 2.45) is 0 Å². The van der Waals surface area contributed by atoms with Crippen LogP contribution >= 0.6 is 15.9 Å². The number of nitro groups is 1. The fourth-order valence-electron chi connectivity index (χ4n) is 1.75. The molecule has 1 aromatic rings. The highest BCUT2D eigenvalue weighted by atomic mass is 79.9. The summed E-state index contributed by atoms with van der Waals surface area (Å²) in [7, 11) is 0. The molecule has 0 aliphatic rings. The molecule has 0 aromatic heterocycles. The van der Waals surface area contributed by atoms with Gasteiger partial charge < -0.3 is 10.6 Å². The van der Waals surface area contributed by atoms with Crippen molar-refractivity contribution in [1.82, 2.24) is 10.6 Å². The second kappa shape index (κ2) is 8.74. The van der Waals surface area contributed by atoms with Gasteiger partial charge in [-0.1, -0.05) is 22.9 Å². The van der Waals surface area contributed by atoms with E-state index in [1.165, 1.54) is 6.07 Å². The predicted molar refractivity (Wildman–Crippen MR) is 85.0 cm³/mol. The van der Waals surface area contributed by atoms with Gasteiger partial charge in [0, 0.05) is 41.7 Å². The zero-order valence-electron chi connectivity index (χ0n) is 12.2. The number of hydrogen-bond donors (Lipinski definition) is 2. The van der Waals surface area contributed by atoms with Gasteiger partial charge in [0.2, 0.25) is 5.91 Å². The zero-order valence-corrected chi connectivity index (χ0v) is 13.8. The monoisotopic (exact) mass is 357 g/mol. The summed E-state index contributed by atoms with van der Waals surface area (Å²) in [4.78, 5) is 22.1. The standard InChI is InChI=1S/C14H20BrN3O3/c1-3-10(2)17-14(19)6-7-16-9-11-8-12(15)4-5-13(11)18(20)21/h4-5,8,10,16H,3,6-7,9H2,1-2H3,(H,17,19). The van der Waals surface area contributed by atoms with Crippen LogP contribution in [0.3, 0.4) is 0 Å². The number of carbonyl (C=O) groups is 1. The van der Waals surface area contributed by atoms with Crippen LogP contribution in [-0.4, -0.2) is 23.4 Å². The lowest BCUT2D eigenvalue weighted by Crippen LogP contribution is -2.33. The summed E-state index contributed by atoms with van der Waals surface area (Å²) in [5, 5.41) is 16.9. The molecular weight excluding hydrogens is 338 g/mol. The van der Waals surface area contributed by atoms with Gasteiger partial charge in [0.05, 0.1) is 4.92 Å². The first-order valence-corrected chi connectivity index (χ1v) is 7.66. The molecule has 2 N–H and O–H groups in total. The van der Waals surface area contributed by atoms with Gasteiger partial charge in [-0.2, -0.15) is 0 Å². The van der Waals surface area contributed by atoms with E-state index in [2.05, 4.69) is 26.6 Å². The van der Waals surface area contributed by atoms with E-state index in [1.807, 2.05) is 13.8 Å². The number of carbonyl (C=O) groups excluding carboxylic acids is 1. The van der Waals surface area contributed by atoms with Gasteiger partial charge in [-0.15, -0.1) is 0 Å². The third kappa shape index (κ3) is 6.22. The summed E-state index contributed by atoms with van der Waals surface area (Å²) in [5.74, 6) is -0.0133. The van der Waals surface area contributed by atoms with Crippen molar-refractivity contribution in [3.63, 3.8) is 0 Å². The van der Waals surface area contributed by atoms with Gasteiger partial charge in [-0.25, -0.2) is 0 Å². The highest BCUT2D eigenvalue weighted by Gasteiger charge is 2.13. The SMILES string of the molecule is CCC(C)NC(=O)CCNCc1cc(Br)ccc1[N+](=O)[O-]. The largest absolute Gasteiger partial charge is 0.354 e. The maximum absolute atomic E-state index is 11.6. The number of amides is 1. The van der Waals surface area contributed by atoms with Crippen LogP contribution in [0.1, 0.15) is 32.3 Å². The van der Waals surface area contributed by atoms with Gasteiger partial charge >= 0.3 is 0 Å². The summed E-state index contributed by atoms with van der Waals surface area (Å²) < 4.78 is 0.791. The van der Waals surface area contributed by atoms with Crippen LogP contribution in [0, 0.1) is 10.1 Å². The topological polar surface area (TPSA) is 84.3 Å². The molecule has 0 heterocycles. The van der Waals surface area contributed by atoms with Crippen LogP contribution in [0.25, 0.3) is 0 Å². The number of hydrogen-bond acceptors (Lipinski definition) is 4. The molecule has 1 unspecified atom stereocenters. The van der Waals surface area contributed by atoms with Crippen LogP contribution in [0.2, 0.25) is 0 Å². The van der Waals surface area contributed by atoms with Crippen molar-refractivity contribution >= 4 is 27.5 Å². The minimum absolute atomic E-state index is 0.0133. The first kappa shape index (κ1) is 17.6. The second-order valence-electron chi connectivity index (χ2n) is 4.83. The lowest BCUT2D eigenvalue weighted by Gasteiger charge is -2.11. The van der Waals surface area contributed by atoms with Gasteiger partial charge in [0.25, 0.3) is 5.69 Å². The summed E-state index contributed by atoms with van der Waals surface area (Å²) in [6, 6.07) is 4.99. The Morgan fingerprint density at radius 2 is 2.19 bits per heavy atom. The molecule has 0 bridgehead atoms. The van der Waals surface area contributed by atoms with Crippen molar-refractivity contribution in [2.75, 3.05) is 6.54 Å². The Labute approximate surface area is 132 Å². The Bertz CT molecular complexity index is 508. The van der Waals surface area contributed by atoms with Gasteiger partial charge in [-0.3, -0.25) is 14.9 Å². The maximum atomic E-state index is 11.6. The predicted octanol–water partition coefficient (Wildman–Crippen LogP) is 2.75. The number of nitrogens with one attached hydrogen (secondary N) is 2. The van der Waals surface area contributed by atoms with Crippen LogP contribution in [0.5, 0.6) is 0 Å². The number of rotatable bonds is 8. The van der Waals surface area contributed by atoms with Crippen LogP contribution in [0.15, 0.2) is 22.7 Å². The molecule has 0 aliphatic carbocycles. The van der Waals surface area contributed by atoms with E-state index >= 15 is 0 Å². The molecule has 0 saturated carbocycles. The average molecular weight is 358 g/mol. The summed E-state index contributed by atoms with van der Waals surface area (Å²) in [5.41, 5.74) is 0.673. The Balaban J connectivity index is 2.44. The summed E-state index contributed by atoms with van der Waals surface area (Å²) in [6.07, 6.45) is 1.25. The lowest BCUT2D eigenvalue weighted by atomic mass is 10.2. The number of benzene rings is 1. The molecule has 0 saturated heterocycles. The Hall–Kier alpha value is -1.47. The summed E-state index contributed by atoms with van der Waals surface area (Å²) in [6.45, 7) is 4.80. The fourth-order valence-corrected chi connectivity index (χ4v) is 2.16. The fraction of sp³-hybridized carbons (Fsp3) is 0.500. The molecular formula is C14H20BrN3O3. The van der Waals surface area contributed by atoms with Crippen molar-refractivity contribution in [3.05, 3.63) is 38.3 Å². The molecule has 0 aliphatic heterocycles. The van der Waals surface area contributed by atoms with Gasteiger partial charge in [0.1, 0.15) is 0 Å². The van der Waals surface area contributed by atoms with Crippen LogP contribution in [-0.2, 0) is 11.3 Å². The molecule has 1 amide bonds. The highest BCUT2D eigenvalue weighted by Crippen LogP contribution is 2.22. The average Bonchev–Trinajstić information content (AvgIpc) is 2.43. The molecule has 1 rings (SSSR count). The molecule has 0 radical (unpaired) electrons. The molecule has 0 fully saturated rings. The van der Waals surface area contributed by atoms with Crippen molar-refractivity contribution < 1.29 is 9.72 Å². The van der Waals surface area contributed by atoms with E-state index in [-0.39, 0.29) is 17.6 Å². The van der Waals surface area contributed by atoms with Crippen molar-refractivity contribution in [2.45, 2.75) is 39.3 Å². The minimum Gasteiger partial charge on any atom is -0.354 e. The minimum atomic E-state index is -0.404. The smallest absolute Gasteiger partial charge is 0.273 e. The third-order valence-corrected chi connectivity index (χ3v) is 3.60. The van der Waals surface area contributed by atoms with E-state index in [0.29, 0.717) is 25.1 Å². The van der Waals surface area contributed by atoms with E-state index in [0.717, 1.165) is 10.9 Å². The molecule has 21 heavy (non-hydrogen) atoms. The maximum Gasteiger partial charge on any atom is 0.273 e. The third-order valence-electron chi connectivity index (χ3n) is 3.10. The molecule has 0 spiro atoms. The quantitative estimate of drug-likeness (QED) is 0.425. The van der Waals surface area contributed by atoms with E-state index in [9.17, 15) is 14.9 Å². The van der Waals surface area contributed by atoms with E-state index < -0.39 is 4.92 Å². The molecule has 7 heteroatoms. The number of nitro benzene ring substituents is 1. The van der Waals surface area contributed by atoms with Gasteiger partial charge in [0.15, 0.2) is 0 Å². The van der Waals surface area contributed by atoms with E-state index in [4.69, 9.17) is 0 Å². The van der Waals surface area contributed by atoms with Crippen LogP contribution in [0.4, 0.5) is 5.69 Å². The Kier molecular flexibility index (Phi) is 7.31. The second-order valence-corrected chi connectivity index (χ2v) is 5.75. The summed E-state index contributed by atoms with van der Waals surface area (Å²) >= 11 is 3.30. The number of nitrogens with zero attached hydrogens (tertiary/aromatic N) is 1. The molecule has 1 atom stereocenters. The first-order chi connectivity index (χ1) is 9.93.